The summed E-state index contributed by atoms with van der Waals surface area (Å²) >= 11 is 1.73. The minimum atomic E-state index is -0.113. The molecule has 0 amide bonds. The Balaban J connectivity index is 0.00000180. The summed E-state index contributed by atoms with van der Waals surface area (Å²) in [6.07, 6.45) is 0. The van der Waals surface area contributed by atoms with Gasteiger partial charge >= 0.3 is 0 Å². The lowest BCUT2D eigenvalue weighted by Crippen LogP contribution is -2.36. The van der Waals surface area contributed by atoms with Gasteiger partial charge < -0.3 is 10.2 Å². The van der Waals surface area contributed by atoms with Crippen molar-refractivity contribution in [2.75, 3.05) is 32.4 Å². The fourth-order valence-electron chi connectivity index (χ4n) is 1.76. The van der Waals surface area contributed by atoms with Gasteiger partial charge in [0.1, 0.15) is 5.82 Å². The fraction of sp³-hybridized carbons (Fsp3) is 0.462. The Morgan fingerprint density at radius 2 is 2.21 bits per heavy atom. The predicted octanol–water partition coefficient (Wildman–Crippen LogP) is 2.57. The average molecular weight is 395 g/mol. The molecule has 0 atom stereocenters. The van der Waals surface area contributed by atoms with Gasteiger partial charge in [0.05, 0.1) is 6.54 Å². The first kappa shape index (κ1) is 16.6. The third kappa shape index (κ3) is 5.18. The van der Waals surface area contributed by atoms with Gasteiger partial charge in [0.2, 0.25) is 0 Å². The molecular formula is C13H19FIN3S. The zero-order valence-electron chi connectivity index (χ0n) is 10.9. The number of nitrogens with one attached hydrogen (secondary N) is 1. The Kier molecular flexibility index (Phi) is 7.52. The molecule has 0 fully saturated rings. The molecule has 0 spiro atoms. The summed E-state index contributed by atoms with van der Waals surface area (Å²) in [7, 11) is 2.03. The van der Waals surface area contributed by atoms with Crippen LogP contribution in [0.3, 0.4) is 0 Å². The van der Waals surface area contributed by atoms with E-state index in [9.17, 15) is 4.39 Å². The molecule has 0 radical (unpaired) electrons. The number of nitrogens with zero attached hydrogens (tertiary/aromatic N) is 2. The van der Waals surface area contributed by atoms with Crippen LogP contribution < -0.4 is 5.32 Å². The largest absolute Gasteiger partial charge is 0.355 e. The molecule has 1 aliphatic rings. The van der Waals surface area contributed by atoms with Crippen LogP contribution >= 0.6 is 35.7 Å². The number of thioether (sulfide) groups is 1. The minimum absolute atomic E-state index is 0. The third-order valence-electron chi connectivity index (χ3n) is 2.80. The van der Waals surface area contributed by atoms with Crippen LogP contribution in [0.1, 0.15) is 5.56 Å². The second-order valence-corrected chi connectivity index (χ2v) is 5.30. The van der Waals surface area contributed by atoms with Gasteiger partial charge in [-0.1, -0.05) is 18.2 Å². The highest BCUT2D eigenvalue weighted by Crippen LogP contribution is 2.14. The smallest absolute Gasteiger partial charge is 0.193 e. The van der Waals surface area contributed by atoms with E-state index < -0.39 is 0 Å². The summed E-state index contributed by atoms with van der Waals surface area (Å²) in [6.45, 7) is 2.73. The first-order chi connectivity index (χ1) is 8.77. The number of likely N-dealkylation sites (N-methyl/N-ethyl adjacent to an activating group) is 1. The summed E-state index contributed by atoms with van der Waals surface area (Å²) in [5.41, 5.74) is 0.776. The second kappa shape index (κ2) is 8.63. The Bertz CT molecular complexity index is 428. The maximum atomic E-state index is 13.3. The van der Waals surface area contributed by atoms with Gasteiger partial charge in [0.25, 0.3) is 0 Å². The van der Waals surface area contributed by atoms with Gasteiger partial charge in [0.15, 0.2) is 5.96 Å². The van der Waals surface area contributed by atoms with Gasteiger partial charge in [-0.25, -0.2) is 4.39 Å². The summed E-state index contributed by atoms with van der Waals surface area (Å²) in [5, 5.41) is 3.29. The Morgan fingerprint density at radius 3 is 2.89 bits per heavy atom. The van der Waals surface area contributed by atoms with Crippen LogP contribution in [-0.2, 0) is 5.75 Å². The predicted molar refractivity (Wildman–Crippen MR) is 90.9 cm³/mol. The molecule has 1 aromatic rings. The van der Waals surface area contributed by atoms with E-state index in [1.54, 1.807) is 17.8 Å². The first-order valence-electron chi connectivity index (χ1n) is 6.08. The average Bonchev–Trinajstić information content (AvgIpc) is 2.77. The molecule has 0 aromatic heterocycles. The van der Waals surface area contributed by atoms with Gasteiger partial charge in [0, 0.05) is 31.6 Å². The van der Waals surface area contributed by atoms with E-state index in [0.29, 0.717) is 0 Å². The fourth-order valence-corrected chi connectivity index (χ4v) is 2.60. The summed E-state index contributed by atoms with van der Waals surface area (Å²) < 4.78 is 13.3. The Labute approximate surface area is 135 Å². The Morgan fingerprint density at radius 1 is 1.42 bits per heavy atom. The van der Waals surface area contributed by atoms with E-state index in [2.05, 4.69) is 15.2 Å². The van der Waals surface area contributed by atoms with Crippen molar-refractivity contribution in [2.45, 2.75) is 5.75 Å². The first-order valence-corrected chi connectivity index (χ1v) is 7.23. The highest BCUT2D eigenvalue weighted by atomic mass is 127. The van der Waals surface area contributed by atoms with Crippen LogP contribution in [0.5, 0.6) is 0 Å². The summed E-state index contributed by atoms with van der Waals surface area (Å²) in [4.78, 5) is 6.46. The molecule has 2 rings (SSSR count). The van der Waals surface area contributed by atoms with E-state index in [1.165, 1.54) is 6.07 Å². The normalized spacial score (nSPS) is 14.0. The molecule has 1 N–H and O–H groups in total. The molecule has 0 aliphatic carbocycles. The van der Waals surface area contributed by atoms with Gasteiger partial charge in [-0.15, -0.1) is 24.0 Å². The molecule has 0 bridgehead atoms. The van der Waals surface area contributed by atoms with Crippen molar-refractivity contribution in [1.29, 1.82) is 0 Å². The quantitative estimate of drug-likeness (QED) is 0.614. The minimum Gasteiger partial charge on any atom is -0.355 e. The number of hydrogen-bond acceptors (Lipinski definition) is 4. The summed E-state index contributed by atoms with van der Waals surface area (Å²) in [6, 6.07) is 6.94. The maximum Gasteiger partial charge on any atom is 0.193 e. The Hall–Kier alpha value is -0.500. The molecule has 1 aromatic carbocycles. The molecule has 6 heteroatoms. The molecule has 0 unspecified atom stereocenters. The molecule has 19 heavy (non-hydrogen) atoms. The van der Waals surface area contributed by atoms with E-state index >= 15 is 0 Å². The van der Waals surface area contributed by atoms with E-state index in [4.69, 9.17) is 0 Å². The lowest BCUT2D eigenvalue weighted by molar-refractivity contribution is 0.537. The van der Waals surface area contributed by atoms with Crippen LogP contribution in [0.15, 0.2) is 29.3 Å². The molecular weight excluding hydrogens is 376 g/mol. The van der Waals surface area contributed by atoms with Crippen molar-refractivity contribution in [3.05, 3.63) is 35.6 Å². The number of guanidine groups is 1. The highest BCUT2D eigenvalue weighted by molar-refractivity contribution is 14.0. The highest BCUT2D eigenvalue weighted by Gasteiger charge is 2.10. The summed E-state index contributed by atoms with van der Waals surface area (Å²) in [5.74, 6) is 2.53. The standard InChI is InChI=1S/C13H18FN3S.HI/c1-17-8-6-15-13(17)16-7-9-18-10-11-4-2-3-5-12(11)14;/h2-5H,6-10H2,1H3,(H,15,16);1H. The molecule has 0 saturated carbocycles. The molecule has 1 heterocycles. The van der Waals surface area contributed by atoms with Crippen LogP contribution in [-0.4, -0.2) is 43.3 Å². The number of benzene rings is 1. The van der Waals surface area contributed by atoms with E-state index in [-0.39, 0.29) is 29.8 Å². The van der Waals surface area contributed by atoms with Crippen molar-refractivity contribution in [1.82, 2.24) is 10.2 Å². The van der Waals surface area contributed by atoms with E-state index in [0.717, 1.165) is 42.7 Å². The molecule has 3 nitrogen and oxygen atoms in total. The van der Waals surface area contributed by atoms with Crippen molar-refractivity contribution in [3.63, 3.8) is 0 Å². The zero-order valence-corrected chi connectivity index (χ0v) is 14.1. The monoisotopic (exact) mass is 395 g/mol. The van der Waals surface area contributed by atoms with Crippen molar-refractivity contribution < 1.29 is 4.39 Å². The van der Waals surface area contributed by atoms with Crippen LogP contribution in [0.2, 0.25) is 0 Å². The number of rotatable bonds is 5. The molecule has 1 aliphatic heterocycles. The SMILES string of the molecule is CN1CCN=C1NCCSCc1ccccc1F.I. The lowest BCUT2D eigenvalue weighted by atomic mass is 10.2. The van der Waals surface area contributed by atoms with Gasteiger partial charge in [-0.05, 0) is 11.6 Å². The van der Waals surface area contributed by atoms with Crippen molar-refractivity contribution >= 4 is 41.7 Å². The van der Waals surface area contributed by atoms with E-state index in [1.807, 2.05) is 19.2 Å². The van der Waals surface area contributed by atoms with Crippen LogP contribution in [0.4, 0.5) is 4.39 Å². The number of aliphatic imine (C=N–C) groups is 1. The van der Waals surface area contributed by atoms with Crippen molar-refractivity contribution in [2.24, 2.45) is 4.99 Å². The van der Waals surface area contributed by atoms with Crippen LogP contribution in [0.25, 0.3) is 0 Å². The zero-order chi connectivity index (χ0) is 12.8. The van der Waals surface area contributed by atoms with Crippen molar-refractivity contribution in [3.8, 4) is 0 Å². The van der Waals surface area contributed by atoms with Gasteiger partial charge in [-0.3, -0.25) is 4.99 Å². The number of hydrogen-bond donors (Lipinski definition) is 1. The maximum absolute atomic E-state index is 13.3. The number of halogens is 2. The molecule has 0 saturated heterocycles. The molecule has 106 valence electrons. The second-order valence-electron chi connectivity index (χ2n) is 4.20. The van der Waals surface area contributed by atoms with Crippen LogP contribution in [0, 0.1) is 5.82 Å². The third-order valence-corrected chi connectivity index (χ3v) is 3.81. The van der Waals surface area contributed by atoms with Gasteiger partial charge in [-0.2, -0.15) is 11.8 Å². The lowest BCUT2D eigenvalue weighted by Gasteiger charge is -2.14. The topological polar surface area (TPSA) is 27.6 Å².